The van der Waals surface area contributed by atoms with Crippen molar-refractivity contribution >= 4 is 11.3 Å². The Morgan fingerprint density at radius 2 is 2.33 bits per heavy atom. The van der Waals surface area contributed by atoms with Crippen molar-refractivity contribution < 1.29 is 4.74 Å². The first-order valence-electron chi connectivity index (χ1n) is 5.85. The molecule has 2 heterocycles. The number of thiophene rings is 1. The van der Waals surface area contributed by atoms with Gasteiger partial charge in [0.05, 0.1) is 6.61 Å². The summed E-state index contributed by atoms with van der Waals surface area (Å²) in [4.78, 5) is 1.45. The molecule has 0 aromatic carbocycles. The third kappa shape index (κ3) is 1.74. The highest BCUT2D eigenvalue weighted by atomic mass is 32.1. The highest BCUT2D eigenvalue weighted by Gasteiger charge is 2.37. The second-order valence-electron chi connectivity index (χ2n) is 4.72. The van der Waals surface area contributed by atoms with Crippen LogP contribution in [0.5, 0.6) is 0 Å². The predicted octanol–water partition coefficient (Wildman–Crippen LogP) is 3.97. The van der Waals surface area contributed by atoms with Crippen LogP contribution in [-0.4, -0.2) is 6.61 Å². The first kappa shape index (κ1) is 11.2. The molecule has 1 aromatic heterocycles. The van der Waals surface area contributed by atoms with Gasteiger partial charge in [0, 0.05) is 16.9 Å². The maximum atomic E-state index is 5.70. The van der Waals surface area contributed by atoms with Crippen LogP contribution in [-0.2, 0) is 16.8 Å². The number of rotatable bonds is 2. The molecule has 0 spiro atoms. The zero-order valence-electron chi connectivity index (χ0n) is 9.88. The Hall–Kier alpha value is -0.340. The molecule has 0 saturated heterocycles. The Kier molecular flexibility index (Phi) is 3.17. The minimum absolute atomic E-state index is 0.353. The highest BCUT2D eigenvalue weighted by Crippen LogP contribution is 2.44. The molecule has 15 heavy (non-hydrogen) atoms. The largest absolute Gasteiger partial charge is 0.376 e. The molecule has 2 heteroatoms. The van der Waals surface area contributed by atoms with E-state index in [1.54, 1.807) is 5.56 Å². The van der Waals surface area contributed by atoms with Gasteiger partial charge in [-0.3, -0.25) is 0 Å². The first-order chi connectivity index (χ1) is 7.20. The molecular formula is C13H20OS. The van der Waals surface area contributed by atoms with Crippen LogP contribution in [0.2, 0.25) is 0 Å². The highest BCUT2D eigenvalue weighted by molar-refractivity contribution is 7.10. The number of hydrogen-bond donors (Lipinski definition) is 0. The van der Waals surface area contributed by atoms with Gasteiger partial charge in [0.1, 0.15) is 0 Å². The monoisotopic (exact) mass is 224 g/mol. The lowest BCUT2D eigenvalue weighted by atomic mass is 9.68. The van der Waals surface area contributed by atoms with Crippen molar-refractivity contribution in [2.24, 2.45) is 5.92 Å². The predicted molar refractivity (Wildman–Crippen MR) is 65.4 cm³/mol. The fraction of sp³-hybridized carbons (Fsp3) is 0.692. The minimum atomic E-state index is 0.353. The summed E-state index contributed by atoms with van der Waals surface area (Å²) in [6, 6.07) is 2.32. The number of fused-ring (bicyclic) bond motifs is 1. The number of hydrogen-bond acceptors (Lipinski definition) is 2. The van der Waals surface area contributed by atoms with Crippen molar-refractivity contribution in [3.63, 3.8) is 0 Å². The van der Waals surface area contributed by atoms with Gasteiger partial charge < -0.3 is 4.74 Å². The summed E-state index contributed by atoms with van der Waals surface area (Å²) in [5.74, 6) is 0.692. The van der Waals surface area contributed by atoms with E-state index in [0.29, 0.717) is 11.3 Å². The molecule has 1 aromatic rings. The van der Waals surface area contributed by atoms with Crippen LogP contribution in [0, 0.1) is 5.92 Å². The van der Waals surface area contributed by atoms with Gasteiger partial charge in [-0.15, -0.1) is 11.3 Å². The summed E-state index contributed by atoms with van der Waals surface area (Å²) in [5, 5.41) is 2.21. The van der Waals surface area contributed by atoms with Gasteiger partial charge in [-0.2, -0.15) is 0 Å². The molecule has 0 bridgehead atoms. The van der Waals surface area contributed by atoms with Crippen LogP contribution < -0.4 is 0 Å². The second kappa shape index (κ2) is 4.26. The molecule has 1 aliphatic rings. The maximum absolute atomic E-state index is 5.70. The zero-order chi connectivity index (χ0) is 10.9. The third-order valence-corrected chi connectivity index (χ3v) is 4.84. The van der Waals surface area contributed by atoms with Gasteiger partial charge >= 0.3 is 0 Å². The molecule has 0 aliphatic carbocycles. The van der Waals surface area contributed by atoms with Crippen LogP contribution in [0.3, 0.4) is 0 Å². The van der Waals surface area contributed by atoms with Gasteiger partial charge in [-0.05, 0) is 35.8 Å². The quantitative estimate of drug-likeness (QED) is 0.738. The van der Waals surface area contributed by atoms with E-state index in [0.717, 1.165) is 13.2 Å². The maximum Gasteiger partial charge on any atom is 0.0812 e. The van der Waals surface area contributed by atoms with Crippen molar-refractivity contribution in [3.05, 3.63) is 21.9 Å². The lowest BCUT2D eigenvalue weighted by Gasteiger charge is -2.36. The van der Waals surface area contributed by atoms with Gasteiger partial charge in [0.15, 0.2) is 0 Å². The molecule has 1 atom stereocenters. The van der Waals surface area contributed by atoms with Crippen molar-refractivity contribution in [3.8, 4) is 0 Å². The van der Waals surface area contributed by atoms with Crippen molar-refractivity contribution in [1.82, 2.24) is 0 Å². The molecule has 0 radical (unpaired) electrons. The first-order valence-corrected chi connectivity index (χ1v) is 6.73. The van der Waals surface area contributed by atoms with E-state index in [4.69, 9.17) is 4.74 Å². The van der Waals surface area contributed by atoms with E-state index in [-0.39, 0.29) is 0 Å². The van der Waals surface area contributed by atoms with E-state index in [2.05, 4.69) is 32.2 Å². The molecule has 1 nitrogen and oxygen atoms in total. The van der Waals surface area contributed by atoms with Crippen LogP contribution in [0.25, 0.3) is 0 Å². The lowest BCUT2D eigenvalue weighted by Crippen LogP contribution is -2.32. The molecular weight excluding hydrogens is 204 g/mol. The third-order valence-electron chi connectivity index (χ3n) is 3.94. The van der Waals surface area contributed by atoms with Crippen LogP contribution >= 0.6 is 11.3 Å². The van der Waals surface area contributed by atoms with Gasteiger partial charge in [0.25, 0.3) is 0 Å². The van der Waals surface area contributed by atoms with Gasteiger partial charge in [0.2, 0.25) is 0 Å². The van der Waals surface area contributed by atoms with Crippen molar-refractivity contribution in [2.75, 3.05) is 6.61 Å². The normalized spacial score (nSPS) is 26.4. The average Bonchev–Trinajstić information content (AvgIpc) is 2.60. The van der Waals surface area contributed by atoms with Gasteiger partial charge in [-0.25, -0.2) is 0 Å². The molecule has 2 rings (SSSR count). The Balaban J connectivity index is 2.47. The van der Waals surface area contributed by atoms with E-state index in [9.17, 15) is 0 Å². The Morgan fingerprint density at radius 3 is 3.00 bits per heavy atom. The number of ether oxygens (including phenoxy) is 1. The van der Waals surface area contributed by atoms with E-state index < -0.39 is 0 Å². The van der Waals surface area contributed by atoms with Crippen LogP contribution in [0.4, 0.5) is 0 Å². The van der Waals surface area contributed by atoms with Crippen LogP contribution in [0.15, 0.2) is 11.4 Å². The zero-order valence-corrected chi connectivity index (χ0v) is 10.7. The summed E-state index contributed by atoms with van der Waals surface area (Å²) in [5.41, 5.74) is 1.91. The Bertz CT molecular complexity index is 329. The van der Waals surface area contributed by atoms with Crippen LogP contribution in [0.1, 0.15) is 44.1 Å². The minimum Gasteiger partial charge on any atom is -0.376 e. The van der Waals surface area contributed by atoms with E-state index >= 15 is 0 Å². The summed E-state index contributed by atoms with van der Waals surface area (Å²) >= 11 is 1.85. The molecule has 0 fully saturated rings. The second-order valence-corrected chi connectivity index (χ2v) is 5.73. The molecule has 84 valence electrons. The summed E-state index contributed by atoms with van der Waals surface area (Å²) in [6.07, 6.45) is 2.39. The standard InChI is InChI=1S/C13H20OS/c1-4-13(10(2)3)6-7-14-9-12-11(13)5-8-15-12/h5,8,10H,4,6-7,9H2,1-3H3. The summed E-state index contributed by atoms with van der Waals surface area (Å²) < 4.78 is 5.70. The average molecular weight is 224 g/mol. The SMILES string of the molecule is CCC1(C(C)C)CCOCc2sccc21. The Morgan fingerprint density at radius 1 is 1.53 bits per heavy atom. The molecule has 0 N–H and O–H groups in total. The fourth-order valence-electron chi connectivity index (χ4n) is 2.83. The molecule has 1 aliphatic heterocycles. The molecule has 1 unspecified atom stereocenters. The van der Waals surface area contributed by atoms with E-state index in [1.807, 2.05) is 11.3 Å². The molecule has 0 amide bonds. The summed E-state index contributed by atoms with van der Waals surface area (Å²) in [7, 11) is 0. The Labute approximate surface area is 96.5 Å². The smallest absolute Gasteiger partial charge is 0.0812 e. The lowest BCUT2D eigenvalue weighted by molar-refractivity contribution is 0.106. The summed E-state index contributed by atoms with van der Waals surface area (Å²) in [6.45, 7) is 8.73. The van der Waals surface area contributed by atoms with E-state index in [1.165, 1.54) is 17.7 Å². The fourth-order valence-corrected chi connectivity index (χ4v) is 3.74. The topological polar surface area (TPSA) is 9.23 Å². The molecule has 0 saturated carbocycles. The van der Waals surface area contributed by atoms with Crippen molar-refractivity contribution in [2.45, 2.75) is 45.6 Å². The van der Waals surface area contributed by atoms with Crippen molar-refractivity contribution in [1.29, 1.82) is 0 Å². The van der Waals surface area contributed by atoms with Gasteiger partial charge in [-0.1, -0.05) is 20.8 Å².